The normalized spacial score (nSPS) is 32.4. The molecule has 3 heteroatoms. The number of fused-ring (bicyclic) bond motifs is 1. The SMILES string of the molecule is CC1CN(C2CCc3cc(N)ccc3C2)C[C@H]1N. The second-order valence-electron chi connectivity index (χ2n) is 6.02. The molecule has 1 fully saturated rings. The molecule has 4 N–H and O–H groups in total. The summed E-state index contributed by atoms with van der Waals surface area (Å²) in [4.78, 5) is 2.59. The Morgan fingerprint density at radius 2 is 2.06 bits per heavy atom. The second-order valence-corrected chi connectivity index (χ2v) is 6.02. The monoisotopic (exact) mass is 245 g/mol. The smallest absolute Gasteiger partial charge is 0.0316 e. The van der Waals surface area contributed by atoms with E-state index in [-0.39, 0.29) is 0 Å². The number of hydrogen-bond donors (Lipinski definition) is 2. The second kappa shape index (κ2) is 4.56. The van der Waals surface area contributed by atoms with E-state index < -0.39 is 0 Å². The molecule has 1 aromatic carbocycles. The van der Waals surface area contributed by atoms with Gasteiger partial charge in [-0.05, 0) is 48.4 Å². The van der Waals surface area contributed by atoms with Crippen LogP contribution in [0.5, 0.6) is 0 Å². The van der Waals surface area contributed by atoms with Crippen molar-refractivity contribution in [2.75, 3.05) is 18.8 Å². The van der Waals surface area contributed by atoms with Crippen LogP contribution in [0.1, 0.15) is 24.5 Å². The first kappa shape index (κ1) is 12.0. The zero-order valence-electron chi connectivity index (χ0n) is 11.1. The van der Waals surface area contributed by atoms with E-state index in [1.165, 1.54) is 17.5 Å². The third-order valence-corrected chi connectivity index (χ3v) is 4.65. The third kappa shape index (κ3) is 2.13. The van der Waals surface area contributed by atoms with Gasteiger partial charge in [0.15, 0.2) is 0 Å². The lowest BCUT2D eigenvalue weighted by Gasteiger charge is -2.32. The lowest BCUT2D eigenvalue weighted by atomic mass is 9.87. The number of nitrogens with two attached hydrogens (primary N) is 2. The van der Waals surface area contributed by atoms with E-state index in [1.54, 1.807) is 0 Å². The van der Waals surface area contributed by atoms with Crippen LogP contribution in [0.15, 0.2) is 18.2 Å². The van der Waals surface area contributed by atoms with Gasteiger partial charge in [0.05, 0.1) is 0 Å². The van der Waals surface area contributed by atoms with Crippen molar-refractivity contribution in [2.45, 2.75) is 38.3 Å². The van der Waals surface area contributed by atoms with Crippen molar-refractivity contribution < 1.29 is 0 Å². The highest BCUT2D eigenvalue weighted by molar-refractivity contribution is 5.46. The first-order chi connectivity index (χ1) is 8.63. The van der Waals surface area contributed by atoms with Crippen LogP contribution in [0.4, 0.5) is 5.69 Å². The quantitative estimate of drug-likeness (QED) is 0.735. The van der Waals surface area contributed by atoms with Gasteiger partial charge >= 0.3 is 0 Å². The van der Waals surface area contributed by atoms with Crippen molar-refractivity contribution in [3.63, 3.8) is 0 Å². The van der Waals surface area contributed by atoms with E-state index in [0.717, 1.165) is 31.6 Å². The van der Waals surface area contributed by atoms with Crippen molar-refractivity contribution in [3.8, 4) is 0 Å². The minimum Gasteiger partial charge on any atom is -0.399 e. The summed E-state index contributed by atoms with van der Waals surface area (Å²) in [5.74, 6) is 0.637. The van der Waals surface area contributed by atoms with Crippen LogP contribution in [0.3, 0.4) is 0 Å². The Morgan fingerprint density at radius 3 is 2.78 bits per heavy atom. The van der Waals surface area contributed by atoms with Crippen molar-refractivity contribution in [1.82, 2.24) is 4.90 Å². The molecule has 2 unspecified atom stereocenters. The molecule has 0 spiro atoms. The highest BCUT2D eigenvalue weighted by Gasteiger charge is 2.32. The van der Waals surface area contributed by atoms with E-state index in [9.17, 15) is 0 Å². The average molecular weight is 245 g/mol. The molecule has 0 radical (unpaired) electrons. The van der Waals surface area contributed by atoms with Crippen molar-refractivity contribution in [3.05, 3.63) is 29.3 Å². The topological polar surface area (TPSA) is 55.3 Å². The summed E-state index contributed by atoms with van der Waals surface area (Å²) in [6.07, 6.45) is 3.57. The minimum atomic E-state index is 0.359. The third-order valence-electron chi connectivity index (χ3n) is 4.65. The number of rotatable bonds is 1. The molecule has 1 heterocycles. The number of benzene rings is 1. The highest BCUT2D eigenvalue weighted by Crippen LogP contribution is 2.29. The van der Waals surface area contributed by atoms with Crippen LogP contribution < -0.4 is 11.5 Å². The average Bonchev–Trinajstić information content (AvgIpc) is 2.69. The molecule has 0 saturated carbocycles. The van der Waals surface area contributed by atoms with Crippen LogP contribution in [0, 0.1) is 5.92 Å². The van der Waals surface area contributed by atoms with Crippen LogP contribution in [-0.4, -0.2) is 30.1 Å². The molecule has 1 saturated heterocycles. The van der Waals surface area contributed by atoms with Gasteiger partial charge < -0.3 is 11.5 Å². The van der Waals surface area contributed by atoms with E-state index in [4.69, 9.17) is 11.5 Å². The summed E-state index contributed by atoms with van der Waals surface area (Å²) in [7, 11) is 0. The summed E-state index contributed by atoms with van der Waals surface area (Å²) < 4.78 is 0. The van der Waals surface area contributed by atoms with E-state index in [2.05, 4.69) is 24.0 Å². The number of nitrogen functional groups attached to an aromatic ring is 1. The summed E-state index contributed by atoms with van der Waals surface area (Å²) >= 11 is 0. The van der Waals surface area contributed by atoms with E-state index in [0.29, 0.717) is 18.0 Å². The fourth-order valence-corrected chi connectivity index (χ4v) is 3.40. The van der Waals surface area contributed by atoms with Gasteiger partial charge in [0.2, 0.25) is 0 Å². The Balaban J connectivity index is 1.73. The molecular weight excluding hydrogens is 222 g/mol. The van der Waals surface area contributed by atoms with Crippen LogP contribution >= 0.6 is 0 Å². The predicted molar refractivity (Wildman–Crippen MR) is 75.4 cm³/mol. The number of anilines is 1. The van der Waals surface area contributed by atoms with Gasteiger partial charge in [-0.2, -0.15) is 0 Å². The van der Waals surface area contributed by atoms with E-state index >= 15 is 0 Å². The largest absolute Gasteiger partial charge is 0.399 e. The van der Waals surface area contributed by atoms with Crippen LogP contribution in [-0.2, 0) is 12.8 Å². The molecule has 18 heavy (non-hydrogen) atoms. The Labute approximate surface area is 109 Å². The van der Waals surface area contributed by atoms with Gasteiger partial charge in [0.25, 0.3) is 0 Å². The molecule has 0 aromatic heterocycles. The first-order valence-corrected chi connectivity index (χ1v) is 7.00. The fourth-order valence-electron chi connectivity index (χ4n) is 3.40. The number of hydrogen-bond acceptors (Lipinski definition) is 3. The van der Waals surface area contributed by atoms with Crippen molar-refractivity contribution in [2.24, 2.45) is 11.7 Å². The minimum absolute atomic E-state index is 0.359. The zero-order chi connectivity index (χ0) is 12.7. The molecule has 1 aliphatic carbocycles. The summed E-state index contributed by atoms with van der Waals surface area (Å²) in [5, 5.41) is 0. The molecule has 3 nitrogen and oxygen atoms in total. The van der Waals surface area contributed by atoms with Crippen LogP contribution in [0.2, 0.25) is 0 Å². The Bertz CT molecular complexity index is 433. The molecule has 1 aliphatic heterocycles. The Morgan fingerprint density at radius 1 is 1.22 bits per heavy atom. The number of aryl methyl sites for hydroxylation is 1. The zero-order valence-corrected chi connectivity index (χ0v) is 11.1. The van der Waals surface area contributed by atoms with Crippen molar-refractivity contribution >= 4 is 5.69 Å². The van der Waals surface area contributed by atoms with Gasteiger partial charge in [-0.3, -0.25) is 4.90 Å². The molecule has 98 valence electrons. The summed E-state index contributed by atoms with van der Waals surface area (Å²) in [5.41, 5.74) is 15.8. The standard InChI is InChI=1S/C15H23N3/c1-10-8-18(9-15(10)17)14-5-3-11-6-13(16)4-2-12(11)7-14/h2,4,6,10,14-15H,3,5,7-9,16-17H2,1H3/t10?,14?,15-/m1/s1. The lowest BCUT2D eigenvalue weighted by molar-refractivity contribution is 0.214. The maximum Gasteiger partial charge on any atom is 0.0316 e. The van der Waals surface area contributed by atoms with Gasteiger partial charge in [0.1, 0.15) is 0 Å². The van der Waals surface area contributed by atoms with Crippen LogP contribution in [0.25, 0.3) is 0 Å². The molecule has 1 aromatic rings. The van der Waals surface area contributed by atoms with Gasteiger partial charge in [-0.1, -0.05) is 13.0 Å². The molecular formula is C15H23N3. The molecule has 2 aliphatic rings. The molecule has 0 amide bonds. The van der Waals surface area contributed by atoms with E-state index in [1.807, 2.05) is 6.07 Å². The van der Waals surface area contributed by atoms with Gasteiger partial charge in [-0.25, -0.2) is 0 Å². The molecule has 3 rings (SSSR count). The predicted octanol–water partition coefficient (Wildman–Crippen LogP) is 1.41. The lowest BCUT2D eigenvalue weighted by Crippen LogP contribution is -2.39. The van der Waals surface area contributed by atoms with Crippen molar-refractivity contribution in [1.29, 1.82) is 0 Å². The number of nitrogens with zero attached hydrogens (tertiary/aromatic N) is 1. The maximum absolute atomic E-state index is 6.13. The highest BCUT2D eigenvalue weighted by atomic mass is 15.2. The summed E-state index contributed by atoms with van der Waals surface area (Å²) in [6.45, 7) is 4.49. The number of likely N-dealkylation sites (tertiary alicyclic amines) is 1. The fraction of sp³-hybridized carbons (Fsp3) is 0.600. The Kier molecular flexibility index (Phi) is 3.04. The molecule has 0 bridgehead atoms. The molecule has 3 atom stereocenters. The first-order valence-electron chi connectivity index (χ1n) is 7.00. The Hall–Kier alpha value is -1.06. The maximum atomic E-state index is 6.13. The summed E-state index contributed by atoms with van der Waals surface area (Å²) in [6, 6.07) is 7.41. The van der Waals surface area contributed by atoms with Gasteiger partial charge in [0, 0.05) is 30.9 Å². The van der Waals surface area contributed by atoms with Gasteiger partial charge in [-0.15, -0.1) is 0 Å².